The van der Waals surface area contributed by atoms with E-state index in [2.05, 4.69) is 10.2 Å². The Labute approximate surface area is 176 Å². The van der Waals surface area contributed by atoms with Crippen molar-refractivity contribution in [2.24, 2.45) is 5.41 Å². The van der Waals surface area contributed by atoms with Crippen molar-refractivity contribution in [1.82, 2.24) is 20.0 Å². The average molecular weight is 440 g/mol. The number of hydrogen-bond donors (Lipinski definition) is 1. The van der Waals surface area contributed by atoms with E-state index in [0.29, 0.717) is 53.3 Å². The maximum Gasteiger partial charge on any atom is 0.258 e. The number of aromatic nitrogens is 2. The topological polar surface area (TPSA) is 69.3 Å². The maximum atomic E-state index is 12.9. The van der Waals surface area contributed by atoms with Gasteiger partial charge in [-0.15, -0.1) is 0 Å². The van der Waals surface area contributed by atoms with Crippen LogP contribution in [0.5, 0.6) is 0 Å². The Bertz CT molecular complexity index is 987. The van der Waals surface area contributed by atoms with Crippen molar-refractivity contribution in [2.45, 2.75) is 18.8 Å². The first kappa shape index (κ1) is 18.3. The fourth-order valence-corrected chi connectivity index (χ4v) is 4.80. The number of likely N-dealkylation sites (tertiary alicyclic amines) is 2. The highest BCUT2D eigenvalue weighted by Gasteiger charge is 2.55. The number of carbonyl (C=O) groups is 2. The van der Waals surface area contributed by atoms with Gasteiger partial charge in [0.05, 0.1) is 21.8 Å². The average Bonchev–Trinajstić information content (AvgIpc) is 3.36. The van der Waals surface area contributed by atoms with E-state index in [1.165, 1.54) is 0 Å². The second kappa shape index (κ2) is 6.37. The van der Waals surface area contributed by atoms with Crippen LogP contribution in [-0.4, -0.2) is 58.0 Å². The summed E-state index contributed by atoms with van der Waals surface area (Å²) in [6.45, 7) is 2.44. The molecule has 5 rings (SSSR count). The van der Waals surface area contributed by atoms with E-state index in [9.17, 15) is 9.59 Å². The zero-order valence-electron chi connectivity index (χ0n) is 14.8. The highest BCUT2D eigenvalue weighted by Crippen LogP contribution is 2.45. The number of carbonyl (C=O) groups excluding carboxylic acids is 2. The summed E-state index contributed by atoms with van der Waals surface area (Å²) in [5, 5.41) is 8.04. The summed E-state index contributed by atoms with van der Waals surface area (Å²) >= 11 is 18.3. The van der Waals surface area contributed by atoms with E-state index in [-0.39, 0.29) is 22.4 Å². The number of rotatable bonds is 3. The lowest BCUT2D eigenvalue weighted by molar-refractivity contribution is -0.0822. The summed E-state index contributed by atoms with van der Waals surface area (Å²) in [7, 11) is 0. The molecule has 1 aromatic carbocycles. The SMILES string of the molecule is O=C(c1cc(Cl)ccc1Cl)N1CC2(C1)CN(C(=O)c1c(Cl)n[nH]c1C1CC1)C2. The Hall–Kier alpha value is -1.76. The molecule has 28 heavy (non-hydrogen) atoms. The third-order valence-electron chi connectivity index (χ3n) is 5.79. The molecule has 0 radical (unpaired) electrons. The van der Waals surface area contributed by atoms with Gasteiger partial charge in [0.1, 0.15) is 0 Å². The number of aromatic amines is 1. The van der Waals surface area contributed by atoms with Crippen LogP contribution in [0.3, 0.4) is 0 Å². The molecular formula is C19H17Cl3N4O2. The summed E-state index contributed by atoms with van der Waals surface area (Å²) in [6, 6.07) is 4.88. The smallest absolute Gasteiger partial charge is 0.258 e. The number of halogens is 3. The predicted molar refractivity (Wildman–Crippen MR) is 106 cm³/mol. The highest BCUT2D eigenvalue weighted by atomic mass is 35.5. The van der Waals surface area contributed by atoms with Gasteiger partial charge >= 0.3 is 0 Å². The maximum absolute atomic E-state index is 12.9. The van der Waals surface area contributed by atoms with Crippen LogP contribution in [0.1, 0.15) is 45.2 Å². The van der Waals surface area contributed by atoms with Gasteiger partial charge in [0.25, 0.3) is 11.8 Å². The monoisotopic (exact) mass is 438 g/mol. The summed E-state index contributed by atoms with van der Waals surface area (Å²) in [6.07, 6.45) is 2.12. The van der Waals surface area contributed by atoms with E-state index in [0.717, 1.165) is 18.5 Å². The summed E-state index contributed by atoms with van der Waals surface area (Å²) in [5.74, 6) is 0.166. The molecule has 1 N–H and O–H groups in total. The lowest BCUT2D eigenvalue weighted by atomic mass is 9.72. The van der Waals surface area contributed by atoms with Crippen LogP contribution < -0.4 is 0 Å². The molecular weight excluding hydrogens is 423 g/mol. The number of benzene rings is 1. The van der Waals surface area contributed by atoms with Crippen molar-refractivity contribution in [2.75, 3.05) is 26.2 Å². The number of hydrogen-bond acceptors (Lipinski definition) is 3. The molecule has 1 aromatic heterocycles. The largest absolute Gasteiger partial charge is 0.337 e. The van der Waals surface area contributed by atoms with Gasteiger partial charge in [-0.05, 0) is 31.0 Å². The van der Waals surface area contributed by atoms with Crippen molar-refractivity contribution in [3.63, 3.8) is 0 Å². The van der Waals surface area contributed by atoms with Crippen LogP contribution in [0, 0.1) is 5.41 Å². The first-order valence-electron chi connectivity index (χ1n) is 9.14. The fraction of sp³-hybridized carbons (Fsp3) is 0.421. The molecule has 1 aliphatic carbocycles. The van der Waals surface area contributed by atoms with Crippen molar-refractivity contribution in [1.29, 1.82) is 0 Å². The van der Waals surface area contributed by atoms with Gasteiger partial charge in [-0.3, -0.25) is 14.7 Å². The molecule has 9 heteroatoms. The number of H-pyrrole nitrogens is 1. The fourth-order valence-electron chi connectivity index (χ4n) is 4.21. The zero-order valence-corrected chi connectivity index (χ0v) is 17.1. The summed E-state index contributed by atoms with van der Waals surface area (Å²) in [5.41, 5.74) is 1.75. The lowest BCUT2D eigenvalue weighted by Crippen LogP contribution is -2.73. The van der Waals surface area contributed by atoms with E-state index in [1.807, 2.05) is 0 Å². The Balaban J connectivity index is 1.23. The van der Waals surface area contributed by atoms with E-state index in [4.69, 9.17) is 34.8 Å². The van der Waals surface area contributed by atoms with Crippen LogP contribution in [0.2, 0.25) is 15.2 Å². The minimum Gasteiger partial charge on any atom is -0.337 e. The summed E-state index contributed by atoms with van der Waals surface area (Å²) in [4.78, 5) is 29.1. The van der Waals surface area contributed by atoms with E-state index in [1.54, 1.807) is 28.0 Å². The Morgan fingerprint density at radius 1 is 1.04 bits per heavy atom. The molecule has 146 valence electrons. The van der Waals surface area contributed by atoms with Crippen molar-refractivity contribution >= 4 is 46.6 Å². The Morgan fingerprint density at radius 2 is 1.68 bits per heavy atom. The van der Waals surface area contributed by atoms with Gasteiger partial charge in [-0.2, -0.15) is 5.10 Å². The molecule has 2 saturated heterocycles. The van der Waals surface area contributed by atoms with Crippen molar-refractivity contribution < 1.29 is 9.59 Å². The lowest BCUT2D eigenvalue weighted by Gasteiger charge is -2.60. The summed E-state index contributed by atoms with van der Waals surface area (Å²) < 4.78 is 0. The molecule has 0 bridgehead atoms. The number of nitrogens with zero attached hydrogens (tertiary/aromatic N) is 3. The Morgan fingerprint density at radius 3 is 2.32 bits per heavy atom. The molecule has 2 aromatic rings. The van der Waals surface area contributed by atoms with Gasteiger partial charge in [0.15, 0.2) is 5.15 Å². The Kier molecular flexibility index (Phi) is 4.16. The first-order chi connectivity index (χ1) is 13.4. The van der Waals surface area contributed by atoms with Gasteiger partial charge in [0, 0.05) is 42.5 Å². The second-order valence-electron chi connectivity index (χ2n) is 8.02. The highest BCUT2D eigenvalue weighted by molar-refractivity contribution is 6.35. The molecule has 1 saturated carbocycles. The number of nitrogens with one attached hydrogen (secondary N) is 1. The van der Waals surface area contributed by atoms with Crippen LogP contribution in [0.25, 0.3) is 0 Å². The zero-order chi connectivity index (χ0) is 19.6. The molecule has 0 atom stereocenters. The molecule has 1 spiro atoms. The van der Waals surface area contributed by atoms with Gasteiger partial charge in [-0.1, -0.05) is 34.8 Å². The second-order valence-corrected chi connectivity index (χ2v) is 9.23. The third kappa shape index (κ3) is 2.90. The molecule has 3 heterocycles. The van der Waals surface area contributed by atoms with Gasteiger partial charge < -0.3 is 9.80 Å². The molecule has 0 unspecified atom stereocenters. The molecule has 2 amide bonds. The molecule has 3 fully saturated rings. The first-order valence-corrected chi connectivity index (χ1v) is 10.3. The van der Waals surface area contributed by atoms with Crippen LogP contribution >= 0.6 is 34.8 Å². The van der Waals surface area contributed by atoms with Crippen molar-refractivity contribution in [3.05, 3.63) is 50.2 Å². The van der Waals surface area contributed by atoms with E-state index < -0.39 is 0 Å². The van der Waals surface area contributed by atoms with Gasteiger partial charge in [0.2, 0.25) is 0 Å². The predicted octanol–water partition coefficient (Wildman–Crippen LogP) is 3.85. The van der Waals surface area contributed by atoms with Crippen molar-refractivity contribution in [3.8, 4) is 0 Å². The minimum atomic E-state index is -0.128. The normalized spacial score (nSPS) is 20.1. The quantitative estimate of drug-likeness (QED) is 0.790. The number of amides is 2. The molecule has 6 nitrogen and oxygen atoms in total. The molecule has 2 aliphatic heterocycles. The van der Waals surface area contributed by atoms with Crippen LogP contribution in [-0.2, 0) is 0 Å². The van der Waals surface area contributed by atoms with Gasteiger partial charge in [-0.25, -0.2) is 0 Å². The van der Waals surface area contributed by atoms with Crippen LogP contribution in [0.15, 0.2) is 18.2 Å². The van der Waals surface area contributed by atoms with E-state index >= 15 is 0 Å². The molecule has 3 aliphatic rings. The minimum absolute atomic E-state index is 0.0354. The third-order valence-corrected chi connectivity index (χ3v) is 6.63. The van der Waals surface area contributed by atoms with Crippen LogP contribution in [0.4, 0.5) is 0 Å². The standard InChI is InChI=1S/C19H17Cl3N4O2/c20-11-3-4-13(21)12(5-11)17(27)25-6-19(7-25)8-26(9-19)18(28)14-15(10-1-2-10)23-24-16(14)22/h3-5,10H,1-2,6-9H2,(H,23,24).